The maximum absolute atomic E-state index is 12.2. The summed E-state index contributed by atoms with van der Waals surface area (Å²) in [5, 5.41) is 20.2. The Morgan fingerprint density at radius 2 is 1.74 bits per heavy atom. The molecule has 0 bridgehead atoms. The number of carboxylic acids is 1. The number of nitriles is 1. The average molecular weight is 592 g/mol. The lowest BCUT2D eigenvalue weighted by molar-refractivity contribution is -0.137. The molecule has 3 N–H and O–H groups in total. The predicted octanol–water partition coefficient (Wildman–Crippen LogP) is 7.46. The molecule has 1 aliphatic rings. The van der Waals surface area contributed by atoms with Gasteiger partial charge >= 0.3 is 5.97 Å². The van der Waals surface area contributed by atoms with E-state index in [2.05, 4.69) is 37.9 Å². The van der Waals surface area contributed by atoms with Crippen LogP contribution in [0.3, 0.4) is 0 Å². The summed E-state index contributed by atoms with van der Waals surface area (Å²) >= 11 is 7.12. The molecule has 0 radical (unpaired) electrons. The van der Waals surface area contributed by atoms with Crippen molar-refractivity contribution in [2.45, 2.75) is 31.6 Å². The molecule has 4 rings (SSSR count). The maximum Gasteiger partial charge on any atom is 0.304 e. The number of aliphatic carboxylic acids is 1. The first-order chi connectivity index (χ1) is 16.8. The Hall–Kier alpha value is -3.14. The molecule has 0 amide bonds. The summed E-state index contributed by atoms with van der Waals surface area (Å²) in [6, 6.07) is 26.0. The van der Waals surface area contributed by atoms with Crippen LogP contribution in [0.4, 0.5) is 0 Å². The van der Waals surface area contributed by atoms with E-state index in [1.54, 1.807) is 0 Å². The fourth-order valence-corrected chi connectivity index (χ4v) is 5.65. The smallest absolute Gasteiger partial charge is 0.304 e. The van der Waals surface area contributed by atoms with E-state index in [0.29, 0.717) is 17.7 Å². The second-order valence-corrected chi connectivity index (χ2v) is 10.6. The molecule has 3 aromatic rings. The van der Waals surface area contributed by atoms with Crippen LogP contribution in [0.1, 0.15) is 46.9 Å². The zero-order valence-electron chi connectivity index (χ0n) is 19.1. The van der Waals surface area contributed by atoms with Gasteiger partial charge in [-0.3, -0.25) is 4.79 Å². The Morgan fingerprint density at radius 1 is 1.09 bits per heavy atom. The molecule has 3 aromatic carbocycles. The highest BCUT2D eigenvalue weighted by Gasteiger charge is 2.36. The number of hydrogen-bond acceptors (Lipinski definition) is 3. The molecule has 2 atom stereocenters. The van der Waals surface area contributed by atoms with E-state index in [9.17, 15) is 15.2 Å². The fraction of sp³-hybridized carbons (Fsp3) is 0.172. The quantitative estimate of drug-likeness (QED) is 0.311. The van der Waals surface area contributed by atoms with Gasteiger partial charge in [0.05, 0.1) is 12.0 Å². The van der Waals surface area contributed by atoms with Crippen LogP contribution < -0.4 is 5.73 Å². The second-order valence-electron chi connectivity index (χ2n) is 8.73. The van der Waals surface area contributed by atoms with Gasteiger partial charge in [0, 0.05) is 32.1 Å². The number of hydrogen-bond donors (Lipinski definition) is 2. The van der Waals surface area contributed by atoms with Crippen LogP contribution in [0, 0.1) is 18.3 Å². The third-order valence-electron chi connectivity index (χ3n) is 6.37. The number of aryl methyl sites for hydroxylation is 1. The van der Waals surface area contributed by atoms with Gasteiger partial charge in [0.2, 0.25) is 0 Å². The number of halogens is 2. The number of rotatable bonds is 6. The minimum atomic E-state index is -0.903. The normalized spacial score (nSPS) is 16.7. The van der Waals surface area contributed by atoms with Crippen molar-refractivity contribution >= 4 is 43.4 Å². The summed E-state index contributed by atoms with van der Waals surface area (Å²) < 4.78 is 1.80. The van der Waals surface area contributed by atoms with Gasteiger partial charge < -0.3 is 10.8 Å². The standard InChI is InChI=1S/C29H24Br2N2O2/c1-17-8-10-18(11-9-17)28-25(16-32)26(33)14-23(19-4-2-6-21(30)12-19)29(28)24(15-27(34)35)20-5-3-7-22(31)13-20/h2-13,23-24H,14-15,33H2,1H3,(H,34,35)/t23-,24-/m1/s1. The minimum Gasteiger partial charge on any atom is -0.481 e. The molecule has 4 nitrogen and oxygen atoms in total. The average Bonchev–Trinajstić information content (AvgIpc) is 2.82. The van der Waals surface area contributed by atoms with Crippen molar-refractivity contribution in [1.29, 1.82) is 5.26 Å². The van der Waals surface area contributed by atoms with Gasteiger partial charge in [-0.25, -0.2) is 0 Å². The summed E-state index contributed by atoms with van der Waals surface area (Å²) in [4.78, 5) is 12.2. The number of carbonyl (C=O) groups is 1. The SMILES string of the molecule is Cc1ccc(C2=C([C@H](CC(=O)O)c3cccc(Br)c3)[C@@H](c3cccc(Br)c3)CC(N)=C2C#N)cc1. The molecule has 0 unspecified atom stereocenters. The molecule has 0 spiro atoms. The number of benzene rings is 3. The van der Waals surface area contributed by atoms with Crippen LogP contribution in [0.15, 0.2) is 98.6 Å². The van der Waals surface area contributed by atoms with E-state index in [-0.39, 0.29) is 12.3 Å². The van der Waals surface area contributed by atoms with Crippen molar-refractivity contribution in [2.75, 3.05) is 0 Å². The molecule has 6 heteroatoms. The van der Waals surface area contributed by atoms with E-state index in [4.69, 9.17) is 5.73 Å². The Balaban J connectivity index is 2.09. The van der Waals surface area contributed by atoms with Gasteiger partial charge in [-0.1, -0.05) is 86.0 Å². The molecule has 176 valence electrons. The number of nitrogens with two attached hydrogens (primary N) is 1. The molecule has 0 saturated heterocycles. The lowest BCUT2D eigenvalue weighted by atomic mass is 9.69. The van der Waals surface area contributed by atoms with Crippen molar-refractivity contribution < 1.29 is 9.90 Å². The summed E-state index contributed by atoms with van der Waals surface area (Å²) in [5.41, 5.74) is 12.9. The van der Waals surface area contributed by atoms with Crippen LogP contribution in [0.2, 0.25) is 0 Å². The Labute approximate surface area is 222 Å². The molecular formula is C29H24Br2N2O2. The van der Waals surface area contributed by atoms with Crippen molar-refractivity contribution in [2.24, 2.45) is 5.73 Å². The summed E-state index contributed by atoms with van der Waals surface area (Å²) in [6.07, 6.45) is 0.332. The molecular weight excluding hydrogens is 568 g/mol. The third-order valence-corrected chi connectivity index (χ3v) is 7.35. The summed E-state index contributed by atoms with van der Waals surface area (Å²) in [7, 11) is 0. The highest BCUT2D eigenvalue weighted by molar-refractivity contribution is 9.10. The highest BCUT2D eigenvalue weighted by atomic mass is 79.9. The van der Waals surface area contributed by atoms with E-state index < -0.39 is 11.9 Å². The number of nitrogens with zero attached hydrogens (tertiary/aromatic N) is 1. The minimum absolute atomic E-state index is 0.107. The van der Waals surface area contributed by atoms with Crippen molar-refractivity contribution in [3.8, 4) is 6.07 Å². The second kappa shape index (κ2) is 10.6. The first kappa shape index (κ1) is 25.0. The number of carboxylic acid groups (broad SMARTS) is 1. The first-order valence-corrected chi connectivity index (χ1v) is 12.8. The van der Waals surface area contributed by atoms with Gasteiger partial charge in [0.1, 0.15) is 6.07 Å². The van der Waals surface area contributed by atoms with Gasteiger partial charge in [-0.2, -0.15) is 5.26 Å². The highest BCUT2D eigenvalue weighted by Crippen LogP contribution is 2.50. The van der Waals surface area contributed by atoms with Gasteiger partial charge in [-0.15, -0.1) is 0 Å². The largest absolute Gasteiger partial charge is 0.481 e. The molecule has 0 saturated carbocycles. The number of allylic oxidation sites excluding steroid dienone is 4. The van der Waals surface area contributed by atoms with E-state index in [1.165, 1.54) is 0 Å². The third kappa shape index (κ3) is 5.42. The van der Waals surface area contributed by atoms with Crippen LogP contribution in [0.25, 0.3) is 5.57 Å². The molecule has 0 heterocycles. The molecule has 0 fully saturated rings. The van der Waals surface area contributed by atoms with Crippen LogP contribution in [-0.4, -0.2) is 11.1 Å². The van der Waals surface area contributed by atoms with Crippen LogP contribution in [-0.2, 0) is 4.79 Å². The van der Waals surface area contributed by atoms with Crippen LogP contribution in [0.5, 0.6) is 0 Å². The van der Waals surface area contributed by atoms with E-state index in [0.717, 1.165) is 42.3 Å². The van der Waals surface area contributed by atoms with Crippen LogP contribution >= 0.6 is 31.9 Å². The lowest BCUT2D eigenvalue weighted by Crippen LogP contribution is -2.23. The summed E-state index contributed by atoms with van der Waals surface area (Å²) in [6.45, 7) is 2.01. The Kier molecular flexibility index (Phi) is 7.59. The molecule has 0 aliphatic heterocycles. The molecule has 1 aliphatic carbocycles. The summed E-state index contributed by atoms with van der Waals surface area (Å²) in [5.74, 6) is -1.55. The van der Waals surface area contributed by atoms with Gasteiger partial charge in [0.25, 0.3) is 0 Å². The van der Waals surface area contributed by atoms with Gasteiger partial charge in [0.15, 0.2) is 0 Å². The van der Waals surface area contributed by atoms with Crippen molar-refractivity contribution in [1.82, 2.24) is 0 Å². The first-order valence-electron chi connectivity index (χ1n) is 11.2. The van der Waals surface area contributed by atoms with E-state index >= 15 is 0 Å². The zero-order chi connectivity index (χ0) is 25.1. The molecule has 0 aromatic heterocycles. The zero-order valence-corrected chi connectivity index (χ0v) is 22.3. The van der Waals surface area contributed by atoms with Gasteiger partial charge in [-0.05, 0) is 59.9 Å². The Bertz CT molecular complexity index is 1380. The topological polar surface area (TPSA) is 87.1 Å². The van der Waals surface area contributed by atoms with E-state index in [1.807, 2.05) is 79.7 Å². The molecule has 35 heavy (non-hydrogen) atoms. The fourth-order valence-electron chi connectivity index (χ4n) is 4.81. The predicted molar refractivity (Wildman–Crippen MR) is 146 cm³/mol. The van der Waals surface area contributed by atoms with Crippen molar-refractivity contribution in [3.05, 3.63) is 121 Å². The lowest BCUT2D eigenvalue weighted by Gasteiger charge is -2.35. The maximum atomic E-state index is 12.2. The Morgan fingerprint density at radius 3 is 2.34 bits per heavy atom. The monoisotopic (exact) mass is 590 g/mol. The van der Waals surface area contributed by atoms with Crippen molar-refractivity contribution in [3.63, 3.8) is 0 Å².